The molecule has 0 saturated carbocycles. The van der Waals surface area contributed by atoms with Crippen molar-refractivity contribution in [2.75, 3.05) is 4.90 Å². The van der Waals surface area contributed by atoms with Gasteiger partial charge in [0.15, 0.2) is 17.4 Å². The van der Waals surface area contributed by atoms with Crippen molar-refractivity contribution in [3.63, 3.8) is 0 Å². The number of halogens is 2. The number of hydrogen-bond donors (Lipinski definition) is 0. The number of carbonyl (C=O) groups excluding carboxylic acids is 1. The van der Waals surface area contributed by atoms with Crippen molar-refractivity contribution in [1.82, 2.24) is 0 Å². The fourth-order valence-electron chi connectivity index (χ4n) is 4.86. The number of fused-ring (bicyclic) bond motifs is 1. The first-order chi connectivity index (χ1) is 18.3. The van der Waals surface area contributed by atoms with Gasteiger partial charge in [0.05, 0.1) is 0 Å². The molecule has 1 heterocycles. The minimum Gasteiger partial charge on any atom is -0.440 e. The van der Waals surface area contributed by atoms with E-state index in [1.165, 1.54) is 11.1 Å². The van der Waals surface area contributed by atoms with E-state index in [9.17, 15) is 13.6 Å². The second kappa shape index (κ2) is 9.64. The molecule has 0 N–H and O–H groups in total. The van der Waals surface area contributed by atoms with Crippen molar-refractivity contribution >= 4 is 29.1 Å². The van der Waals surface area contributed by atoms with Crippen molar-refractivity contribution in [1.29, 1.82) is 0 Å². The Labute approximate surface area is 228 Å². The summed E-state index contributed by atoms with van der Waals surface area (Å²) in [7, 11) is 0. The van der Waals surface area contributed by atoms with Crippen molar-refractivity contribution in [2.45, 2.75) is 58.8 Å². The molecule has 3 nitrogen and oxygen atoms in total. The van der Waals surface area contributed by atoms with Crippen LogP contribution >= 0.6 is 0 Å². The Bertz CT molecular complexity index is 1510. The Morgan fingerprint density at radius 3 is 1.77 bits per heavy atom. The Kier molecular flexibility index (Phi) is 6.58. The van der Waals surface area contributed by atoms with Crippen molar-refractivity contribution in [3.05, 3.63) is 118 Å². The monoisotopic (exact) mass is 525 g/mol. The van der Waals surface area contributed by atoms with E-state index in [-0.39, 0.29) is 28.6 Å². The Hall–Kier alpha value is -3.99. The van der Waals surface area contributed by atoms with Gasteiger partial charge in [-0.2, -0.15) is 0 Å². The van der Waals surface area contributed by atoms with E-state index in [0.717, 1.165) is 23.5 Å². The average Bonchev–Trinajstić information content (AvgIpc) is 3.44. The molecule has 1 aromatic heterocycles. The smallest absolute Gasteiger partial charge is 0.205 e. The standard InChI is InChI=1S/C34H33F2NO2/c1-33(2,3)23-7-11-25(12-8-23)37(26-13-9-24(10-14-26)34(4,5)6)31-16-15-27(39-31)18-22-17-21-19-29(35)30(36)20-28(21)32(22)38/h7-16,18-20H,17H2,1-6H3/b22-18-. The molecule has 0 atom stereocenters. The molecular formula is C34H33F2NO2. The lowest BCUT2D eigenvalue weighted by atomic mass is 9.87. The molecule has 0 aliphatic heterocycles. The van der Waals surface area contributed by atoms with Crippen LogP contribution in [0.1, 0.15) is 74.4 Å². The minimum atomic E-state index is -1.02. The van der Waals surface area contributed by atoms with Gasteiger partial charge in [-0.1, -0.05) is 65.8 Å². The number of rotatable bonds is 4. The summed E-state index contributed by atoms with van der Waals surface area (Å²) in [5.74, 6) is -1.20. The quantitative estimate of drug-likeness (QED) is 0.249. The van der Waals surface area contributed by atoms with Crippen LogP contribution in [0.15, 0.2) is 82.8 Å². The fourth-order valence-corrected chi connectivity index (χ4v) is 4.86. The zero-order chi connectivity index (χ0) is 28.1. The van der Waals surface area contributed by atoms with Crippen molar-refractivity contribution < 1.29 is 18.0 Å². The molecule has 0 radical (unpaired) electrons. The summed E-state index contributed by atoms with van der Waals surface area (Å²) in [5.41, 5.74) is 5.51. The first-order valence-corrected chi connectivity index (χ1v) is 13.2. The Balaban J connectivity index is 1.52. The highest BCUT2D eigenvalue weighted by atomic mass is 19.2. The van der Waals surface area contributed by atoms with Crippen LogP contribution < -0.4 is 4.90 Å². The van der Waals surface area contributed by atoms with Gasteiger partial charge in [-0.05, 0) is 76.1 Å². The van der Waals surface area contributed by atoms with Crippen LogP contribution in [0.4, 0.5) is 26.0 Å². The predicted molar refractivity (Wildman–Crippen MR) is 153 cm³/mol. The molecule has 0 bridgehead atoms. The van der Waals surface area contributed by atoms with Gasteiger partial charge in [-0.25, -0.2) is 8.78 Å². The number of hydrogen-bond acceptors (Lipinski definition) is 3. The van der Waals surface area contributed by atoms with Crippen LogP contribution in [0, 0.1) is 11.6 Å². The number of nitrogens with zero attached hydrogens (tertiary/aromatic N) is 1. The van der Waals surface area contributed by atoms with E-state index >= 15 is 0 Å². The second-order valence-electron chi connectivity index (χ2n) is 12.2. The lowest BCUT2D eigenvalue weighted by molar-refractivity contribution is 0.104. The lowest BCUT2D eigenvalue weighted by Gasteiger charge is -2.26. The van der Waals surface area contributed by atoms with Crippen molar-refractivity contribution in [3.8, 4) is 0 Å². The molecule has 4 aromatic rings. The van der Waals surface area contributed by atoms with Crippen LogP contribution in [0.5, 0.6) is 0 Å². The third-order valence-electron chi connectivity index (χ3n) is 7.20. The zero-order valence-corrected chi connectivity index (χ0v) is 23.2. The zero-order valence-electron chi connectivity index (χ0n) is 23.2. The summed E-state index contributed by atoms with van der Waals surface area (Å²) >= 11 is 0. The maximum atomic E-state index is 13.7. The molecule has 1 aliphatic carbocycles. The van der Waals surface area contributed by atoms with Crippen LogP contribution in [0.25, 0.3) is 6.08 Å². The lowest BCUT2D eigenvalue weighted by Crippen LogP contribution is -2.14. The molecule has 39 heavy (non-hydrogen) atoms. The molecule has 200 valence electrons. The molecule has 0 spiro atoms. The summed E-state index contributed by atoms with van der Waals surface area (Å²) in [6.07, 6.45) is 1.89. The van der Waals surface area contributed by atoms with Gasteiger partial charge in [0.2, 0.25) is 5.88 Å². The van der Waals surface area contributed by atoms with Gasteiger partial charge in [-0.15, -0.1) is 0 Å². The van der Waals surface area contributed by atoms with Gasteiger partial charge in [-0.3, -0.25) is 9.69 Å². The largest absolute Gasteiger partial charge is 0.440 e. The topological polar surface area (TPSA) is 33.5 Å². The number of carbonyl (C=O) groups is 1. The highest BCUT2D eigenvalue weighted by Gasteiger charge is 2.27. The van der Waals surface area contributed by atoms with E-state index in [1.807, 2.05) is 11.0 Å². The third-order valence-corrected chi connectivity index (χ3v) is 7.20. The van der Waals surface area contributed by atoms with Crippen LogP contribution in [0.2, 0.25) is 0 Å². The van der Waals surface area contributed by atoms with Crippen LogP contribution in [0.3, 0.4) is 0 Å². The summed E-state index contributed by atoms with van der Waals surface area (Å²) in [6.45, 7) is 13.1. The molecule has 0 amide bonds. The number of ketones is 1. The number of Topliss-reactive ketones (excluding diaryl/α,β-unsaturated/α-hetero) is 1. The highest BCUT2D eigenvalue weighted by Crippen LogP contribution is 2.38. The Morgan fingerprint density at radius 1 is 0.744 bits per heavy atom. The molecule has 0 saturated heterocycles. The first kappa shape index (κ1) is 26.6. The van der Waals surface area contributed by atoms with Gasteiger partial charge in [0, 0.05) is 35.0 Å². The summed E-state index contributed by atoms with van der Waals surface area (Å²) in [4.78, 5) is 14.9. The van der Waals surface area contributed by atoms with Crippen molar-refractivity contribution in [2.24, 2.45) is 0 Å². The minimum absolute atomic E-state index is 0.0268. The molecular weight excluding hydrogens is 492 g/mol. The summed E-state index contributed by atoms with van der Waals surface area (Å²) < 4.78 is 33.7. The van der Waals surface area contributed by atoms with Crippen LogP contribution in [-0.4, -0.2) is 5.78 Å². The fraction of sp³-hybridized carbons (Fsp3) is 0.265. The van der Waals surface area contributed by atoms with Gasteiger partial charge in [0.25, 0.3) is 0 Å². The van der Waals surface area contributed by atoms with E-state index in [4.69, 9.17) is 4.42 Å². The summed E-state index contributed by atoms with van der Waals surface area (Å²) in [6, 6.07) is 22.6. The van der Waals surface area contributed by atoms with Gasteiger partial charge < -0.3 is 4.42 Å². The van der Waals surface area contributed by atoms with E-state index in [2.05, 4.69) is 90.1 Å². The molecule has 0 unspecified atom stereocenters. The molecule has 1 aliphatic rings. The van der Waals surface area contributed by atoms with Gasteiger partial charge in [0.1, 0.15) is 5.76 Å². The highest BCUT2D eigenvalue weighted by molar-refractivity contribution is 6.15. The van der Waals surface area contributed by atoms with E-state index in [0.29, 0.717) is 22.8 Å². The second-order valence-corrected chi connectivity index (χ2v) is 12.2. The van der Waals surface area contributed by atoms with Gasteiger partial charge >= 0.3 is 0 Å². The molecule has 5 heteroatoms. The predicted octanol–water partition coefficient (Wildman–Crippen LogP) is 9.44. The maximum Gasteiger partial charge on any atom is 0.205 e. The number of benzene rings is 3. The van der Waals surface area contributed by atoms with Crippen LogP contribution in [-0.2, 0) is 17.3 Å². The molecule has 3 aromatic carbocycles. The average molecular weight is 526 g/mol. The first-order valence-electron chi connectivity index (χ1n) is 13.2. The third kappa shape index (κ3) is 5.31. The maximum absolute atomic E-state index is 13.7. The van der Waals surface area contributed by atoms with E-state index in [1.54, 1.807) is 12.1 Å². The number of allylic oxidation sites excluding steroid dienone is 1. The SMILES string of the molecule is CC(C)(C)c1ccc(N(c2ccc(C(C)(C)C)cc2)c2ccc(/C=C3/Cc4cc(F)c(F)cc4C3=O)o2)cc1. The summed E-state index contributed by atoms with van der Waals surface area (Å²) in [5, 5.41) is 0. The number of furan rings is 1. The van der Waals surface area contributed by atoms with E-state index < -0.39 is 11.6 Å². The molecule has 0 fully saturated rings. The normalized spacial score (nSPS) is 14.7. The Morgan fingerprint density at radius 2 is 1.26 bits per heavy atom. The number of anilines is 3. The molecule has 5 rings (SSSR count).